The number of hydrogen-bond donors (Lipinski definition) is 1. The van der Waals surface area contributed by atoms with Gasteiger partial charge in [-0.2, -0.15) is 0 Å². The minimum Gasteiger partial charge on any atom is -0.339 e. The van der Waals surface area contributed by atoms with Crippen LogP contribution in [0.15, 0.2) is 59.5 Å². The molecule has 0 radical (unpaired) electrons. The van der Waals surface area contributed by atoms with Crippen molar-refractivity contribution in [2.75, 3.05) is 19.6 Å². The standard InChI is InChI=1S/C23H30N2O3S/c1-2-6-19-9-11-22(12-10-19)29(27,28)24-16-13-20-14-17-25(18-15-20)23(26)21-7-4-3-5-8-21/h3-5,7-12,20,24H,2,6,13-18H2,1H3. The van der Waals surface area contributed by atoms with E-state index in [1.165, 1.54) is 0 Å². The quantitative estimate of drug-likeness (QED) is 0.713. The predicted molar refractivity (Wildman–Crippen MR) is 115 cm³/mol. The van der Waals surface area contributed by atoms with Crippen LogP contribution in [0.4, 0.5) is 0 Å². The van der Waals surface area contributed by atoms with Gasteiger partial charge in [0.1, 0.15) is 0 Å². The Morgan fingerprint density at radius 1 is 1.03 bits per heavy atom. The molecule has 0 saturated carbocycles. The van der Waals surface area contributed by atoms with Crippen molar-refractivity contribution >= 4 is 15.9 Å². The molecule has 156 valence electrons. The first kappa shape index (κ1) is 21.5. The second kappa shape index (κ2) is 10.0. The summed E-state index contributed by atoms with van der Waals surface area (Å²) in [4.78, 5) is 14.7. The third-order valence-electron chi connectivity index (χ3n) is 5.54. The SMILES string of the molecule is CCCc1ccc(S(=O)(=O)NCCC2CCN(C(=O)c3ccccc3)CC2)cc1. The molecule has 3 rings (SSSR count). The lowest BCUT2D eigenvalue weighted by Crippen LogP contribution is -2.39. The van der Waals surface area contributed by atoms with Gasteiger partial charge in [0.05, 0.1) is 4.90 Å². The van der Waals surface area contributed by atoms with Crippen molar-refractivity contribution < 1.29 is 13.2 Å². The molecule has 1 heterocycles. The largest absolute Gasteiger partial charge is 0.339 e. The maximum absolute atomic E-state index is 12.5. The summed E-state index contributed by atoms with van der Waals surface area (Å²) in [6.45, 7) is 3.98. The average molecular weight is 415 g/mol. The van der Waals surface area contributed by atoms with E-state index in [-0.39, 0.29) is 5.91 Å². The van der Waals surface area contributed by atoms with Crippen molar-refractivity contribution in [1.82, 2.24) is 9.62 Å². The highest BCUT2D eigenvalue weighted by Crippen LogP contribution is 2.22. The maximum Gasteiger partial charge on any atom is 0.253 e. The zero-order valence-corrected chi connectivity index (χ0v) is 17.8. The molecule has 1 amide bonds. The number of piperidine rings is 1. The lowest BCUT2D eigenvalue weighted by Gasteiger charge is -2.32. The summed E-state index contributed by atoms with van der Waals surface area (Å²) >= 11 is 0. The number of rotatable bonds is 8. The molecule has 1 aliphatic rings. The van der Waals surface area contributed by atoms with Gasteiger partial charge < -0.3 is 4.90 Å². The third kappa shape index (κ3) is 5.90. The van der Waals surface area contributed by atoms with Gasteiger partial charge in [0, 0.05) is 25.2 Å². The van der Waals surface area contributed by atoms with Gasteiger partial charge in [0.25, 0.3) is 5.91 Å². The molecule has 1 N–H and O–H groups in total. The van der Waals surface area contributed by atoms with Gasteiger partial charge >= 0.3 is 0 Å². The van der Waals surface area contributed by atoms with Gasteiger partial charge in [-0.05, 0) is 61.4 Å². The van der Waals surface area contributed by atoms with Crippen molar-refractivity contribution in [3.05, 3.63) is 65.7 Å². The van der Waals surface area contributed by atoms with E-state index in [4.69, 9.17) is 0 Å². The fourth-order valence-corrected chi connectivity index (χ4v) is 4.84. The van der Waals surface area contributed by atoms with Crippen LogP contribution in [0, 0.1) is 5.92 Å². The molecule has 2 aromatic carbocycles. The molecule has 1 fully saturated rings. The van der Waals surface area contributed by atoms with Crippen LogP contribution in [0.3, 0.4) is 0 Å². The van der Waals surface area contributed by atoms with E-state index in [0.29, 0.717) is 17.4 Å². The van der Waals surface area contributed by atoms with Crippen LogP contribution in [0.1, 0.15) is 48.5 Å². The average Bonchev–Trinajstić information content (AvgIpc) is 2.75. The molecule has 0 aromatic heterocycles. The summed E-state index contributed by atoms with van der Waals surface area (Å²) < 4.78 is 27.7. The maximum atomic E-state index is 12.5. The number of aryl methyl sites for hydroxylation is 1. The number of benzene rings is 2. The Morgan fingerprint density at radius 3 is 2.31 bits per heavy atom. The van der Waals surface area contributed by atoms with Gasteiger partial charge in [0.2, 0.25) is 10.0 Å². The van der Waals surface area contributed by atoms with Crippen LogP contribution in [0.2, 0.25) is 0 Å². The number of nitrogens with zero attached hydrogens (tertiary/aromatic N) is 1. The molecule has 1 saturated heterocycles. The Morgan fingerprint density at radius 2 is 1.69 bits per heavy atom. The van der Waals surface area contributed by atoms with Crippen molar-refractivity contribution in [3.8, 4) is 0 Å². The van der Waals surface area contributed by atoms with Crippen molar-refractivity contribution in [1.29, 1.82) is 0 Å². The molecule has 2 aromatic rings. The van der Waals surface area contributed by atoms with E-state index < -0.39 is 10.0 Å². The molecular weight excluding hydrogens is 384 g/mol. The first-order valence-corrected chi connectivity index (χ1v) is 11.9. The van der Waals surface area contributed by atoms with Crippen molar-refractivity contribution in [2.24, 2.45) is 5.92 Å². The number of amides is 1. The molecule has 0 spiro atoms. The molecule has 0 bridgehead atoms. The van der Waals surface area contributed by atoms with Gasteiger partial charge in [-0.3, -0.25) is 4.79 Å². The fourth-order valence-electron chi connectivity index (χ4n) is 3.79. The topological polar surface area (TPSA) is 66.5 Å². The Bertz CT molecular complexity index is 887. The fraction of sp³-hybridized carbons (Fsp3) is 0.435. The Labute approximate surface area is 174 Å². The van der Waals surface area contributed by atoms with Crippen molar-refractivity contribution in [3.63, 3.8) is 0 Å². The van der Waals surface area contributed by atoms with Crippen LogP contribution in [0.5, 0.6) is 0 Å². The molecule has 29 heavy (non-hydrogen) atoms. The van der Waals surface area contributed by atoms with Gasteiger partial charge in [-0.25, -0.2) is 13.1 Å². The molecule has 5 nitrogen and oxygen atoms in total. The zero-order chi connectivity index (χ0) is 20.7. The van der Waals surface area contributed by atoms with Crippen LogP contribution in [0.25, 0.3) is 0 Å². The van der Waals surface area contributed by atoms with Crippen LogP contribution in [-0.2, 0) is 16.4 Å². The lowest BCUT2D eigenvalue weighted by atomic mass is 9.93. The summed E-state index contributed by atoms with van der Waals surface area (Å²) in [5.74, 6) is 0.515. The summed E-state index contributed by atoms with van der Waals surface area (Å²) in [7, 11) is -3.47. The molecule has 0 atom stereocenters. The third-order valence-corrected chi connectivity index (χ3v) is 7.02. The van der Waals surface area contributed by atoms with Crippen LogP contribution < -0.4 is 4.72 Å². The molecule has 0 aliphatic carbocycles. The number of hydrogen-bond acceptors (Lipinski definition) is 3. The lowest BCUT2D eigenvalue weighted by molar-refractivity contribution is 0.0687. The first-order chi connectivity index (χ1) is 14.0. The smallest absolute Gasteiger partial charge is 0.253 e. The normalized spacial score (nSPS) is 15.4. The second-order valence-electron chi connectivity index (χ2n) is 7.68. The van der Waals surface area contributed by atoms with E-state index in [9.17, 15) is 13.2 Å². The zero-order valence-electron chi connectivity index (χ0n) is 17.0. The van der Waals surface area contributed by atoms with E-state index in [1.54, 1.807) is 12.1 Å². The molecule has 6 heteroatoms. The first-order valence-electron chi connectivity index (χ1n) is 10.4. The summed E-state index contributed by atoms with van der Waals surface area (Å²) in [5.41, 5.74) is 1.88. The van der Waals surface area contributed by atoms with Crippen LogP contribution in [-0.4, -0.2) is 38.9 Å². The number of nitrogens with one attached hydrogen (secondary N) is 1. The summed E-state index contributed by atoms with van der Waals surface area (Å²) in [5, 5.41) is 0. The van der Waals surface area contributed by atoms with Gasteiger partial charge in [-0.15, -0.1) is 0 Å². The van der Waals surface area contributed by atoms with Crippen molar-refractivity contribution in [2.45, 2.75) is 43.9 Å². The Balaban J connectivity index is 1.44. The number of sulfonamides is 1. The molecule has 0 unspecified atom stereocenters. The second-order valence-corrected chi connectivity index (χ2v) is 9.45. The van der Waals surface area contributed by atoms with Gasteiger partial charge in [0.15, 0.2) is 0 Å². The highest BCUT2D eigenvalue weighted by atomic mass is 32.2. The summed E-state index contributed by atoms with van der Waals surface area (Å²) in [6.07, 6.45) is 4.61. The highest BCUT2D eigenvalue weighted by Gasteiger charge is 2.24. The van der Waals surface area contributed by atoms with E-state index in [1.807, 2.05) is 47.4 Å². The predicted octanol–water partition coefficient (Wildman–Crippen LogP) is 3.86. The number of likely N-dealkylation sites (tertiary alicyclic amines) is 1. The van der Waals surface area contributed by atoms with E-state index >= 15 is 0 Å². The molecule has 1 aliphatic heterocycles. The van der Waals surface area contributed by atoms with Crippen LogP contribution >= 0.6 is 0 Å². The minimum absolute atomic E-state index is 0.0799. The molecular formula is C23H30N2O3S. The monoisotopic (exact) mass is 414 g/mol. The Kier molecular flexibility index (Phi) is 7.45. The van der Waals surface area contributed by atoms with E-state index in [0.717, 1.165) is 56.3 Å². The van der Waals surface area contributed by atoms with E-state index in [2.05, 4.69) is 11.6 Å². The number of carbonyl (C=O) groups excluding carboxylic acids is 1. The minimum atomic E-state index is -3.47. The van der Waals surface area contributed by atoms with Gasteiger partial charge in [-0.1, -0.05) is 43.7 Å². The Hall–Kier alpha value is -2.18. The highest BCUT2D eigenvalue weighted by molar-refractivity contribution is 7.89. The summed E-state index contributed by atoms with van der Waals surface area (Å²) in [6, 6.07) is 16.5. The number of carbonyl (C=O) groups is 1.